The molecule has 0 bridgehead atoms. The van der Waals surface area contributed by atoms with E-state index >= 15 is 0 Å². The van der Waals surface area contributed by atoms with Gasteiger partial charge >= 0.3 is 0 Å². The summed E-state index contributed by atoms with van der Waals surface area (Å²) in [5.74, 6) is 3.53. The van der Waals surface area contributed by atoms with Crippen LogP contribution in [0.2, 0.25) is 0 Å². The van der Waals surface area contributed by atoms with Crippen LogP contribution in [-0.4, -0.2) is 25.0 Å². The third-order valence-electron chi connectivity index (χ3n) is 2.61. The fourth-order valence-corrected chi connectivity index (χ4v) is 1.50. The molecule has 88 valence electrons. The number of nitrogens with one attached hydrogen (secondary N) is 1. The monoisotopic (exact) mass is 213 g/mol. The number of hydrogen-bond donors (Lipinski definition) is 2. The van der Waals surface area contributed by atoms with Crippen LogP contribution in [0.25, 0.3) is 0 Å². The Bertz CT molecular complexity index is 177. The Hall–Kier alpha value is -0.560. The van der Waals surface area contributed by atoms with Gasteiger partial charge in [0.15, 0.2) is 0 Å². The lowest BCUT2D eigenvalue weighted by Gasteiger charge is -2.16. The summed E-state index contributed by atoms with van der Waals surface area (Å²) in [6.07, 6.45) is 8.41. The van der Waals surface area contributed by atoms with Crippen molar-refractivity contribution in [1.29, 1.82) is 0 Å². The minimum atomic E-state index is 0.403. The molecule has 0 saturated heterocycles. The summed E-state index contributed by atoms with van der Waals surface area (Å²) in [6, 6.07) is 0. The Morgan fingerprint density at radius 1 is 1.47 bits per heavy atom. The first kappa shape index (κ1) is 14.4. The Kier molecular flexibility index (Phi) is 9.60. The van der Waals surface area contributed by atoms with E-state index in [4.69, 9.17) is 16.4 Å². The molecule has 15 heavy (non-hydrogen) atoms. The zero-order valence-corrected chi connectivity index (χ0v) is 9.83. The van der Waals surface area contributed by atoms with Crippen molar-refractivity contribution >= 4 is 0 Å². The Morgan fingerprint density at radius 2 is 2.20 bits per heavy atom. The van der Waals surface area contributed by atoms with Gasteiger partial charge in [0.2, 0.25) is 0 Å². The maximum Gasteiger partial charge on any atom is 0.107 e. The molecule has 0 aromatic carbocycles. The molecule has 0 fully saturated rings. The summed E-state index contributed by atoms with van der Waals surface area (Å²) >= 11 is 0. The summed E-state index contributed by atoms with van der Waals surface area (Å²) in [5.41, 5.74) is 2.24. The number of hydroxylamine groups is 1. The van der Waals surface area contributed by atoms with Crippen LogP contribution in [0.1, 0.15) is 33.1 Å². The van der Waals surface area contributed by atoms with Crippen LogP contribution < -0.4 is 5.48 Å². The SMILES string of the molecule is C#CCOCC(C)CCC(CC)CNO. The molecule has 2 atom stereocenters. The molecule has 3 heteroatoms. The van der Waals surface area contributed by atoms with Gasteiger partial charge in [0.05, 0.1) is 6.61 Å². The van der Waals surface area contributed by atoms with E-state index in [0.717, 1.165) is 25.9 Å². The molecular formula is C12H23NO2. The molecule has 0 heterocycles. The molecule has 3 nitrogen and oxygen atoms in total. The van der Waals surface area contributed by atoms with E-state index in [2.05, 4.69) is 25.2 Å². The van der Waals surface area contributed by atoms with Crippen molar-refractivity contribution < 1.29 is 9.94 Å². The molecule has 0 rings (SSSR count). The van der Waals surface area contributed by atoms with E-state index in [1.165, 1.54) is 0 Å². The minimum absolute atomic E-state index is 0.403. The Balaban J connectivity index is 3.50. The maximum atomic E-state index is 8.61. The fraction of sp³-hybridized carbons (Fsp3) is 0.833. The average molecular weight is 213 g/mol. The largest absolute Gasteiger partial charge is 0.369 e. The van der Waals surface area contributed by atoms with Crippen LogP contribution in [0.4, 0.5) is 0 Å². The van der Waals surface area contributed by atoms with E-state index in [0.29, 0.717) is 25.0 Å². The lowest BCUT2D eigenvalue weighted by atomic mass is 9.95. The van der Waals surface area contributed by atoms with Crippen molar-refractivity contribution in [3.8, 4) is 12.3 Å². The Morgan fingerprint density at radius 3 is 2.73 bits per heavy atom. The van der Waals surface area contributed by atoms with Crippen molar-refractivity contribution in [2.45, 2.75) is 33.1 Å². The van der Waals surface area contributed by atoms with Crippen LogP contribution in [0.3, 0.4) is 0 Å². The third-order valence-corrected chi connectivity index (χ3v) is 2.61. The maximum absolute atomic E-state index is 8.61. The van der Waals surface area contributed by atoms with Gasteiger partial charge in [0.1, 0.15) is 6.61 Å². The number of ether oxygens (including phenoxy) is 1. The quantitative estimate of drug-likeness (QED) is 0.350. The van der Waals surface area contributed by atoms with Gasteiger partial charge in [-0.25, -0.2) is 5.48 Å². The molecule has 2 N–H and O–H groups in total. The van der Waals surface area contributed by atoms with E-state index in [1.54, 1.807) is 0 Å². The van der Waals surface area contributed by atoms with E-state index < -0.39 is 0 Å². The van der Waals surface area contributed by atoms with Gasteiger partial charge in [-0.05, 0) is 24.7 Å². The predicted octanol–water partition coefficient (Wildman–Crippen LogP) is 2.06. The molecule has 0 aliphatic carbocycles. The van der Waals surface area contributed by atoms with Crippen molar-refractivity contribution in [3.05, 3.63) is 0 Å². The molecule has 2 unspecified atom stereocenters. The van der Waals surface area contributed by atoms with Crippen LogP contribution in [-0.2, 0) is 4.74 Å². The van der Waals surface area contributed by atoms with Gasteiger partial charge in [-0.2, -0.15) is 0 Å². The van der Waals surface area contributed by atoms with Gasteiger partial charge < -0.3 is 9.94 Å². The highest BCUT2D eigenvalue weighted by Crippen LogP contribution is 2.15. The highest BCUT2D eigenvalue weighted by atomic mass is 16.5. The summed E-state index contributed by atoms with van der Waals surface area (Å²) in [6.45, 7) is 6.11. The van der Waals surface area contributed by atoms with Crippen molar-refractivity contribution in [2.24, 2.45) is 11.8 Å². The van der Waals surface area contributed by atoms with E-state index in [9.17, 15) is 0 Å². The van der Waals surface area contributed by atoms with Gasteiger partial charge in [0, 0.05) is 6.54 Å². The minimum Gasteiger partial charge on any atom is -0.369 e. The van der Waals surface area contributed by atoms with Gasteiger partial charge in [-0.15, -0.1) is 6.42 Å². The zero-order valence-electron chi connectivity index (χ0n) is 9.83. The van der Waals surface area contributed by atoms with Crippen molar-refractivity contribution in [1.82, 2.24) is 5.48 Å². The summed E-state index contributed by atoms with van der Waals surface area (Å²) in [5, 5.41) is 8.61. The molecule has 0 aromatic rings. The third kappa shape index (κ3) is 8.44. The molecule has 0 saturated carbocycles. The number of hydrogen-bond acceptors (Lipinski definition) is 3. The first-order valence-electron chi connectivity index (χ1n) is 5.62. The van der Waals surface area contributed by atoms with Crippen molar-refractivity contribution in [3.63, 3.8) is 0 Å². The highest BCUT2D eigenvalue weighted by molar-refractivity contribution is 4.82. The Labute approximate surface area is 93.2 Å². The molecule has 0 amide bonds. The molecule has 0 aromatic heterocycles. The second-order valence-electron chi connectivity index (χ2n) is 4.04. The summed E-state index contributed by atoms with van der Waals surface area (Å²) < 4.78 is 5.27. The van der Waals surface area contributed by atoms with Gasteiger partial charge in [-0.3, -0.25) is 0 Å². The number of terminal acetylenes is 1. The van der Waals surface area contributed by atoms with Crippen LogP contribution in [0.15, 0.2) is 0 Å². The van der Waals surface area contributed by atoms with Gasteiger partial charge in [0.25, 0.3) is 0 Å². The highest BCUT2D eigenvalue weighted by Gasteiger charge is 2.08. The molecular weight excluding hydrogens is 190 g/mol. The molecule has 0 aliphatic heterocycles. The van der Waals surface area contributed by atoms with Crippen LogP contribution in [0, 0.1) is 24.2 Å². The first-order valence-corrected chi connectivity index (χ1v) is 5.62. The standard InChI is InChI=1S/C12H23NO2/c1-4-8-15-10-11(3)6-7-12(5-2)9-13-14/h1,11-14H,5-10H2,2-3H3. The molecule has 0 aliphatic rings. The van der Waals surface area contributed by atoms with E-state index in [1.807, 2.05) is 0 Å². The van der Waals surface area contributed by atoms with E-state index in [-0.39, 0.29) is 0 Å². The topological polar surface area (TPSA) is 41.5 Å². The normalized spacial score (nSPS) is 14.5. The van der Waals surface area contributed by atoms with Crippen LogP contribution in [0.5, 0.6) is 0 Å². The summed E-state index contributed by atoms with van der Waals surface area (Å²) in [7, 11) is 0. The average Bonchev–Trinajstić information content (AvgIpc) is 2.24. The number of rotatable bonds is 9. The lowest BCUT2D eigenvalue weighted by Crippen LogP contribution is -2.20. The lowest BCUT2D eigenvalue weighted by molar-refractivity contribution is 0.119. The zero-order chi connectivity index (χ0) is 11.5. The van der Waals surface area contributed by atoms with Gasteiger partial charge in [-0.1, -0.05) is 26.2 Å². The van der Waals surface area contributed by atoms with Crippen molar-refractivity contribution in [2.75, 3.05) is 19.8 Å². The fourth-order valence-electron chi connectivity index (χ4n) is 1.50. The molecule has 0 radical (unpaired) electrons. The molecule has 0 spiro atoms. The second-order valence-corrected chi connectivity index (χ2v) is 4.04. The summed E-state index contributed by atoms with van der Waals surface area (Å²) in [4.78, 5) is 0. The predicted molar refractivity (Wildman–Crippen MR) is 61.6 cm³/mol. The smallest absolute Gasteiger partial charge is 0.107 e. The van der Waals surface area contributed by atoms with Crippen LogP contribution >= 0.6 is 0 Å². The second kappa shape index (κ2) is 9.97. The first-order chi connectivity index (χ1) is 7.24.